The van der Waals surface area contributed by atoms with Crippen LogP contribution in [0.1, 0.15) is 23.9 Å². The number of likely N-dealkylation sites (tertiary alicyclic amines) is 1. The second-order valence-electron chi connectivity index (χ2n) is 7.18. The summed E-state index contributed by atoms with van der Waals surface area (Å²) < 4.78 is 11.4. The summed E-state index contributed by atoms with van der Waals surface area (Å²) in [5, 5.41) is 0.910. The van der Waals surface area contributed by atoms with Gasteiger partial charge in [0.25, 0.3) is 5.91 Å². The van der Waals surface area contributed by atoms with Gasteiger partial charge in [0.05, 0.1) is 7.11 Å². The molecule has 0 spiro atoms. The highest BCUT2D eigenvalue weighted by atomic mass is 16.5. The third-order valence-electron chi connectivity index (χ3n) is 5.41. The average Bonchev–Trinajstić information content (AvgIpc) is 3.27. The van der Waals surface area contributed by atoms with Gasteiger partial charge in [-0.2, -0.15) is 0 Å². The maximum Gasteiger partial charge on any atom is 0.290 e. The van der Waals surface area contributed by atoms with Crippen LogP contribution in [0.3, 0.4) is 0 Å². The van der Waals surface area contributed by atoms with Crippen LogP contribution in [-0.4, -0.2) is 37.0 Å². The highest BCUT2D eigenvalue weighted by Gasteiger charge is 2.35. The third-order valence-corrected chi connectivity index (χ3v) is 5.41. The van der Waals surface area contributed by atoms with Crippen molar-refractivity contribution in [2.24, 2.45) is 11.7 Å². The minimum absolute atomic E-state index is 0.0764. The Morgan fingerprint density at radius 3 is 2.70 bits per heavy atom. The molecule has 1 saturated heterocycles. The van der Waals surface area contributed by atoms with Crippen LogP contribution in [0.5, 0.6) is 5.75 Å². The summed E-state index contributed by atoms with van der Waals surface area (Å²) in [6, 6.07) is 15.7. The largest absolute Gasteiger partial charge is 0.497 e. The lowest BCUT2D eigenvalue weighted by atomic mass is 10.0. The number of ether oxygens (including phenoxy) is 1. The topological polar surface area (TPSA) is 68.7 Å². The first-order valence-electron chi connectivity index (χ1n) is 9.29. The molecule has 5 nitrogen and oxygen atoms in total. The summed E-state index contributed by atoms with van der Waals surface area (Å²) >= 11 is 0. The summed E-state index contributed by atoms with van der Waals surface area (Å²) in [6.45, 7) is 3.34. The molecular formula is C22H24N2O3. The number of nitrogens with zero attached hydrogens (tertiary/aromatic N) is 1. The van der Waals surface area contributed by atoms with E-state index < -0.39 is 0 Å². The van der Waals surface area contributed by atoms with E-state index in [2.05, 4.69) is 6.92 Å². The van der Waals surface area contributed by atoms with Crippen molar-refractivity contribution in [1.29, 1.82) is 0 Å². The number of amides is 1. The number of benzene rings is 2. The summed E-state index contributed by atoms with van der Waals surface area (Å²) in [6.07, 6.45) is 0.928. The van der Waals surface area contributed by atoms with E-state index in [-0.39, 0.29) is 11.9 Å². The fourth-order valence-corrected chi connectivity index (χ4v) is 3.97. The molecule has 0 bridgehead atoms. The van der Waals surface area contributed by atoms with E-state index in [1.54, 1.807) is 7.11 Å². The number of methoxy groups -OCH3 is 1. The zero-order valence-electron chi connectivity index (χ0n) is 15.6. The monoisotopic (exact) mass is 364 g/mol. The lowest BCUT2D eigenvalue weighted by Crippen LogP contribution is -2.34. The molecule has 1 fully saturated rings. The Kier molecular flexibility index (Phi) is 4.62. The van der Waals surface area contributed by atoms with Crippen molar-refractivity contribution in [2.75, 3.05) is 20.2 Å². The van der Waals surface area contributed by atoms with Crippen LogP contribution in [0.25, 0.3) is 22.1 Å². The second-order valence-corrected chi connectivity index (χ2v) is 7.18. The lowest BCUT2D eigenvalue weighted by molar-refractivity contribution is 0.0714. The first-order chi connectivity index (χ1) is 13.1. The van der Waals surface area contributed by atoms with E-state index >= 15 is 0 Å². The number of carbonyl (C=O) groups is 1. The van der Waals surface area contributed by atoms with Gasteiger partial charge in [0.1, 0.15) is 11.3 Å². The molecule has 1 aromatic heterocycles. The SMILES string of the molecule is COc1ccc2c(-c3ccccc3)c(C(=O)N3CC(CN)CC3C)oc2c1. The maximum absolute atomic E-state index is 13.4. The molecule has 4 rings (SSSR count). The van der Waals surface area contributed by atoms with E-state index in [4.69, 9.17) is 14.9 Å². The van der Waals surface area contributed by atoms with Crippen molar-refractivity contribution in [3.8, 4) is 16.9 Å². The predicted octanol–water partition coefficient (Wildman–Crippen LogP) is 3.92. The molecular weight excluding hydrogens is 340 g/mol. The Balaban J connectivity index is 1.85. The van der Waals surface area contributed by atoms with Gasteiger partial charge in [0, 0.05) is 29.6 Å². The van der Waals surface area contributed by atoms with Gasteiger partial charge in [-0.1, -0.05) is 30.3 Å². The minimum Gasteiger partial charge on any atom is -0.497 e. The summed E-state index contributed by atoms with van der Waals surface area (Å²) in [5.74, 6) is 1.35. The predicted molar refractivity (Wildman–Crippen MR) is 106 cm³/mol. The number of hydrogen-bond acceptors (Lipinski definition) is 4. The number of hydrogen-bond donors (Lipinski definition) is 1. The zero-order chi connectivity index (χ0) is 19.0. The number of carbonyl (C=O) groups excluding carboxylic acids is 1. The molecule has 1 amide bonds. The van der Waals surface area contributed by atoms with Crippen LogP contribution in [0.2, 0.25) is 0 Å². The Morgan fingerprint density at radius 1 is 1.26 bits per heavy atom. The standard InChI is InChI=1S/C22H24N2O3/c1-14-10-15(12-23)13-24(14)22(25)21-20(16-6-4-3-5-7-16)18-9-8-17(26-2)11-19(18)27-21/h3-9,11,14-15H,10,12-13,23H2,1-2H3. The molecule has 1 aliphatic rings. The van der Waals surface area contributed by atoms with Gasteiger partial charge in [-0.15, -0.1) is 0 Å². The maximum atomic E-state index is 13.4. The van der Waals surface area contributed by atoms with Crippen LogP contribution in [0.4, 0.5) is 0 Å². The molecule has 2 heterocycles. The summed E-state index contributed by atoms with van der Waals surface area (Å²) in [5.41, 5.74) is 8.29. The molecule has 27 heavy (non-hydrogen) atoms. The molecule has 2 aromatic carbocycles. The Morgan fingerprint density at radius 2 is 2.04 bits per heavy atom. The number of fused-ring (bicyclic) bond motifs is 1. The first kappa shape index (κ1) is 17.6. The number of rotatable bonds is 4. The third kappa shape index (κ3) is 3.08. The van der Waals surface area contributed by atoms with Gasteiger partial charge < -0.3 is 19.8 Å². The quantitative estimate of drug-likeness (QED) is 0.762. The molecule has 0 saturated carbocycles. The van der Waals surface area contributed by atoms with Crippen LogP contribution >= 0.6 is 0 Å². The second kappa shape index (κ2) is 7.08. The van der Waals surface area contributed by atoms with Crippen LogP contribution in [-0.2, 0) is 0 Å². The van der Waals surface area contributed by atoms with Gasteiger partial charge in [0.15, 0.2) is 0 Å². The van der Waals surface area contributed by atoms with E-state index in [0.29, 0.717) is 36.1 Å². The van der Waals surface area contributed by atoms with Gasteiger partial charge in [-0.3, -0.25) is 4.79 Å². The zero-order valence-corrected chi connectivity index (χ0v) is 15.6. The first-order valence-corrected chi connectivity index (χ1v) is 9.29. The molecule has 0 aliphatic carbocycles. The molecule has 3 aromatic rings. The van der Waals surface area contributed by atoms with Crippen LogP contribution in [0, 0.1) is 5.92 Å². The molecule has 2 unspecified atom stereocenters. The smallest absolute Gasteiger partial charge is 0.290 e. The van der Waals surface area contributed by atoms with Crippen LogP contribution < -0.4 is 10.5 Å². The number of nitrogens with two attached hydrogens (primary N) is 1. The van der Waals surface area contributed by atoms with Gasteiger partial charge in [-0.25, -0.2) is 0 Å². The minimum atomic E-state index is -0.0764. The summed E-state index contributed by atoms with van der Waals surface area (Å²) in [7, 11) is 1.62. The Labute approximate surface area is 158 Å². The van der Waals surface area contributed by atoms with E-state index in [1.807, 2.05) is 53.4 Å². The van der Waals surface area contributed by atoms with Crippen molar-refractivity contribution in [1.82, 2.24) is 4.90 Å². The fraction of sp³-hybridized carbons (Fsp3) is 0.318. The molecule has 2 atom stereocenters. The van der Waals surface area contributed by atoms with E-state index in [9.17, 15) is 4.79 Å². The van der Waals surface area contributed by atoms with E-state index in [1.165, 1.54) is 0 Å². The van der Waals surface area contributed by atoms with Gasteiger partial charge >= 0.3 is 0 Å². The normalized spacial score (nSPS) is 19.6. The van der Waals surface area contributed by atoms with Crippen molar-refractivity contribution in [2.45, 2.75) is 19.4 Å². The summed E-state index contributed by atoms with van der Waals surface area (Å²) in [4.78, 5) is 15.3. The van der Waals surface area contributed by atoms with Crippen molar-refractivity contribution >= 4 is 16.9 Å². The van der Waals surface area contributed by atoms with Gasteiger partial charge in [0.2, 0.25) is 5.76 Å². The molecule has 140 valence electrons. The van der Waals surface area contributed by atoms with Crippen molar-refractivity contribution in [3.63, 3.8) is 0 Å². The Hall–Kier alpha value is -2.79. The lowest BCUT2D eigenvalue weighted by Gasteiger charge is -2.20. The van der Waals surface area contributed by atoms with E-state index in [0.717, 1.165) is 22.9 Å². The van der Waals surface area contributed by atoms with Gasteiger partial charge in [-0.05, 0) is 43.5 Å². The van der Waals surface area contributed by atoms with Crippen molar-refractivity contribution in [3.05, 3.63) is 54.3 Å². The highest BCUT2D eigenvalue weighted by Crippen LogP contribution is 2.38. The molecule has 2 N–H and O–H groups in total. The molecule has 0 radical (unpaired) electrons. The molecule has 1 aliphatic heterocycles. The number of furan rings is 1. The van der Waals surface area contributed by atoms with Crippen molar-refractivity contribution < 1.29 is 13.9 Å². The highest BCUT2D eigenvalue weighted by molar-refractivity contribution is 6.08. The fourth-order valence-electron chi connectivity index (χ4n) is 3.97. The Bertz CT molecular complexity index is 964. The molecule has 5 heteroatoms. The van der Waals surface area contributed by atoms with Crippen LogP contribution in [0.15, 0.2) is 52.9 Å². The average molecular weight is 364 g/mol.